The van der Waals surface area contributed by atoms with Gasteiger partial charge in [-0.1, -0.05) is 18.2 Å². The van der Waals surface area contributed by atoms with E-state index in [1.54, 1.807) is 12.2 Å². The minimum atomic E-state index is 0.00614. The molecule has 2 N–H and O–H groups in total. The molecule has 0 bridgehead atoms. The van der Waals surface area contributed by atoms with E-state index >= 15 is 0 Å². The molecule has 0 aromatic carbocycles. The fraction of sp³-hybridized carbons (Fsp3) is 0.583. The number of carbonyl (C=O) groups is 1. The summed E-state index contributed by atoms with van der Waals surface area (Å²) in [5.41, 5.74) is 0. The van der Waals surface area contributed by atoms with Crippen molar-refractivity contribution in [3.8, 4) is 0 Å². The number of allylic oxidation sites excluding steroid dienone is 3. The van der Waals surface area contributed by atoms with E-state index in [1.807, 2.05) is 19.1 Å². The second-order valence-electron chi connectivity index (χ2n) is 3.82. The molecule has 84 valence electrons. The van der Waals surface area contributed by atoms with E-state index in [0.717, 1.165) is 19.6 Å². The number of amides is 1. The van der Waals surface area contributed by atoms with Crippen molar-refractivity contribution in [2.24, 2.45) is 5.92 Å². The lowest BCUT2D eigenvalue weighted by molar-refractivity contribution is -0.116. The van der Waals surface area contributed by atoms with Crippen LogP contribution in [-0.4, -0.2) is 25.5 Å². The van der Waals surface area contributed by atoms with Crippen LogP contribution >= 0.6 is 0 Å². The van der Waals surface area contributed by atoms with Crippen molar-refractivity contribution >= 4 is 5.91 Å². The zero-order chi connectivity index (χ0) is 10.9. The Morgan fingerprint density at radius 1 is 1.40 bits per heavy atom. The second-order valence-corrected chi connectivity index (χ2v) is 3.82. The molecule has 3 nitrogen and oxygen atoms in total. The van der Waals surface area contributed by atoms with Crippen molar-refractivity contribution in [2.75, 3.05) is 19.6 Å². The van der Waals surface area contributed by atoms with E-state index in [4.69, 9.17) is 0 Å². The van der Waals surface area contributed by atoms with E-state index in [2.05, 4.69) is 10.6 Å². The summed E-state index contributed by atoms with van der Waals surface area (Å²) in [6.45, 7) is 4.89. The lowest BCUT2D eigenvalue weighted by Gasteiger charge is -2.22. The van der Waals surface area contributed by atoms with Gasteiger partial charge in [-0.15, -0.1) is 0 Å². The number of piperidine rings is 1. The molecular formula is C12H20N2O. The number of rotatable bonds is 4. The van der Waals surface area contributed by atoms with Gasteiger partial charge in [0.25, 0.3) is 0 Å². The highest BCUT2D eigenvalue weighted by atomic mass is 16.1. The lowest BCUT2D eigenvalue weighted by Crippen LogP contribution is -2.35. The molecule has 0 aromatic heterocycles. The fourth-order valence-corrected chi connectivity index (χ4v) is 1.64. The maximum absolute atomic E-state index is 11.3. The smallest absolute Gasteiger partial charge is 0.243 e. The Labute approximate surface area is 91.6 Å². The molecule has 15 heavy (non-hydrogen) atoms. The third-order valence-corrected chi connectivity index (χ3v) is 2.57. The van der Waals surface area contributed by atoms with E-state index < -0.39 is 0 Å². The normalized spacial score (nSPS) is 18.7. The monoisotopic (exact) mass is 208 g/mol. The first-order valence-corrected chi connectivity index (χ1v) is 5.61. The Hall–Kier alpha value is -1.09. The van der Waals surface area contributed by atoms with Crippen molar-refractivity contribution in [1.82, 2.24) is 10.6 Å². The number of carbonyl (C=O) groups excluding carboxylic acids is 1. The number of nitrogens with one attached hydrogen (secondary N) is 2. The largest absolute Gasteiger partial charge is 0.352 e. The van der Waals surface area contributed by atoms with E-state index in [9.17, 15) is 4.79 Å². The standard InChI is InChI=1S/C12H20N2O/c1-2-3-4-5-12(15)14-10-11-6-8-13-9-7-11/h2-5,11,13H,6-10H2,1H3,(H,14,15). The molecular weight excluding hydrogens is 188 g/mol. The molecule has 0 saturated carbocycles. The molecule has 1 heterocycles. The molecule has 3 heteroatoms. The van der Waals surface area contributed by atoms with Crippen LogP contribution < -0.4 is 10.6 Å². The van der Waals surface area contributed by atoms with Crippen LogP contribution in [-0.2, 0) is 4.79 Å². The first-order chi connectivity index (χ1) is 7.33. The maximum Gasteiger partial charge on any atom is 0.243 e. The summed E-state index contributed by atoms with van der Waals surface area (Å²) < 4.78 is 0. The van der Waals surface area contributed by atoms with Crippen LogP contribution in [0.3, 0.4) is 0 Å². The van der Waals surface area contributed by atoms with Gasteiger partial charge in [-0.25, -0.2) is 0 Å². The number of hydrogen-bond donors (Lipinski definition) is 2. The summed E-state index contributed by atoms with van der Waals surface area (Å²) in [5.74, 6) is 0.650. The quantitative estimate of drug-likeness (QED) is 0.539. The van der Waals surface area contributed by atoms with Crippen LogP contribution in [0.15, 0.2) is 24.3 Å². The molecule has 0 radical (unpaired) electrons. The lowest BCUT2D eigenvalue weighted by atomic mass is 9.98. The minimum absolute atomic E-state index is 0.00614. The van der Waals surface area contributed by atoms with Crippen molar-refractivity contribution in [1.29, 1.82) is 0 Å². The Kier molecular flexibility index (Phi) is 5.78. The van der Waals surface area contributed by atoms with Gasteiger partial charge in [0.2, 0.25) is 5.91 Å². The van der Waals surface area contributed by atoms with Gasteiger partial charge in [-0.3, -0.25) is 4.79 Å². The van der Waals surface area contributed by atoms with Gasteiger partial charge >= 0.3 is 0 Å². The van der Waals surface area contributed by atoms with Gasteiger partial charge < -0.3 is 10.6 Å². The highest BCUT2D eigenvalue weighted by Crippen LogP contribution is 2.09. The molecule has 1 aliphatic rings. The Morgan fingerprint density at radius 2 is 2.13 bits per heavy atom. The highest BCUT2D eigenvalue weighted by Gasteiger charge is 2.12. The predicted octanol–water partition coefficient (Wildman–Crippen LogP) is 1.23. The first kappa shape index (κ1) is 12.0. The molecule has 0 aromatic rings. The summed E-state index contributed by atoms with van der Waals surface area (Å²) in [4.78, 5) is 11.3. The van der Waals surface area contributed by atoms with Crippen LogP contribution in [0.5, 0.6) is 0 Å². The molecule has 1 amide bonds. The van der Waals surface area contributed by atoms with Crippen molar-refractivity contribution in [3.05, 3.63) is 24.3 Å². The van der Waals surface area contributed by atoms with Gasteiger partial charge in [-0.05, 0) is 38.8 Å². The molecule has 0 unspecified atom stereocenters. The summed E-state index contributed by atoms with van der Waals surface area (Å²) >= 11 is 0. The van der Waals surface area contributed by atoms with Crippen molar-refractivity contribution in [3.63, 3.8) is 0 Å². The van der Waals surface area contributed by atoms with Crippen LogP contribution in [0.1, 0.15) is 19.8 Å². The molecule has 1 saturated heterocycles. The molecule has 1 fully saturated rings. The first-order valence-electron chi connectivity index (χ1n) is 5.61. The van der Waals surface area contributed by atoms with E-state index in [1.165, 1.54) is 12.8 Å². The van der Waals surface area contributed by atoms with Gasteiger partial charge in [-0.2, -0.15) is 0 Å². The highest BCUT2D eigenvalue weighted by molar-refractivity contribution is 5.87. The second kappa shape index (κ2) is 7.23. The van der Waals surface area contributed by atoms with Crippen LogP contribution in [0, 0.1) is 5.92 Å². The van der Waals surface area contributed by atoms with Crippen LogP contribution in [0.25, 0.3) is 0 Å². The van der Waals surface area contributed by atoms with Gasteiger partial charge in [0.15, 0.2) is 0 Å². The zero-order valence-electron chi connectivity index (χ0n) is 9.33. The minimum Gasteiger partial charge on any atom is -0.352 e. The summed E-state index contributed by atoms with van der Waals surface area (Å²) in [5, 5.41) is 6.23. The van der Waals surface area contributed by atoms with E-state index in [-0.39, 0.29) is 5.91 Å². The van der Waals surface area contributed by atoms with Crippen molar-refractivity contribution in [2.45, 2.75) is 19.8 Å². The topological polar surface area (TPSA) is 41.1 Å². The predicted molar refractivity (Wildman–Crippen MR) is 62.6 cm³/mol. The molecule has 1 aliphatic heterocycles. The third-order valence-electron chi connectivity index (χ3n) is 2.57. The van der Waals surface area contributed by atoms with Gasteiger partial charge in [0.1, 0.15) is 0 Å². The van der Waals surface area contributed by atoms with Gasteiger partial charge in [0, 0.05) is 12.6 Å². The molecule has 1 rings (SSSR count). The summed E-state index contributed by atoms with van der Waals surface area (Å²) in [7, 11) is 0. The fourth-order valence-electron chi connectivity index (χ4n) is 1.64. The van der Waals surface area contributed by atoms with Crippen LogP contribution in [0.2, 0.25) is 0 Å². The maximum atomic E-state index is 11.3. The SMILES string of the molecule is CC=CC=CC(=O)NCC1CCNCC1. The average molecular weight is 208 g/mol. The third kappa shape index (κ3) is 5.37. The Morgan fingerprint density at radius 3 is 2.80 bits per heavy atom. The van der Waals surface area contributed by atoms with E-state index in [0.29, 0.717) is 5.92 Å². The van der Waals surface area contributed by atoms with Gasteiger partial charge in [0.05, 0.1) is 0 Å². The Bertz CT molecular complexity index is 240. The molecule has 0 atom stereocenters. The molecule has 0 aliphatic carbocycles. The van der Waals surface area contributed by atoms with Crippen LogP contribution in [0.4, 0.5) is 0 Å². The number of hydrogen-bond acceptors (Lipinski definition) is 2. The Balaban J connectivity index is 2.15. The average Bonchev–Trinajstić information content (AvgIpc) is 2.28. The molecule has 0 spiro atoms. The summed E-state index contributed by atoms with van der Waals surface area (Å²) in [6.07, 6.45) is 9.41. The van der Waals surface area contributed by atoms with Crippen molar-refractivity contribution < 1.29 is 4.79 Å². The zero-order valence-corrected chi connectivity index (χ0v) is 9.33. The summed E-state index contributed by atoms with van der Waals surface area (Å²) in [6, 6.07) is 0.